The van der Waals surface area contributed by atoms with Gasteiger partial charge in [0.1, 0.15) is 5.69 Å². The predicted octanol–water partition coefficient (Wildman–Crippen LogP) is 2.75. The number of aromatic nitrogens is 2. The van der Waals surface area contributed by atoms with E-state index in [4.69, 9.17) is 4.74 Å². The minimum atomic E-state index is -0.000185. The van der Waals surface area contributed by atoms with E-state index in [2.05, 4.69) is 53.4 Å². The molecule has 106 valence electrons. The number of hydrogen-bond acceptors (Lipinski definition) is 4. The summed E-state index contributed by atoms with van der Waals surface area (Å²) in [4.78, 5) is 8.73. The molecule has 4 nitrogen and oxygen atoms in total. The molecule has 0 amide bonds. The van der Waals surface area contributed by atoms with Crippen LogP contribution in [0, 0.1) is 0 Å². The summed E-state index contributed by atoms with van der Waals surface area (Å²) in [6.07, 6.45) is 4.34. The molecule has 1 atom stereocenters. The van der Waals surface area contributed by atoms with E-state index >= 15 is 0 Å². The minimum Gasteiger partial charge on any atom is -0.480 e. The van der Waals surface area contributed by atoms with Crippen LogP contribution < -0.4 is 10.1 Å². The highest BCUT2D eigenvalue weighted by Crippen LogP contribution is 2.28. The van der Waals surface area contributed by atoms with E-state index in [1.807, 2.05) is 0 Å². The molecule has 0 spiro atoms. The Morgan fingerprint density at radius 2 is 1.90 bits per heavy atom. The van der Waals surface area contributed by atoms with Gasteiger partial charge in [0.15, 0.2) is 0 Å². The molecule has 0 fully saturated rings. The summed E-state index contributed by atoms with van der Waals surface area (Å²) in [7, 11) is 1.63. The fourth-order valence-electron chi connectivity index (χ4n) is 2.39. The molecule has 1 heterocycles. The topological polar surface area (TPSA) is 47.0 Å². The van der Waals surface area contributed by atoms with Crippen molar-refractivity contribution in [2.75, 3.05) is 13.7 Å². The number of rotatable bonds is 6. The van der Waals surface area contributed by atoms with E-state index < -0.39 is 0 Å². The summed E-state index contributed by atoms with van der Waals surface area (Å²) in [5.41, 5.74) is 3.37. The van der Waals surface area contributed by atoms with Gasteiger partial charge < -0.3 is 10.1 Å². The van der Waals surface area contributed by atoms with Gasteiger partial charge in [-0.15, -0.1) is 0 Å². The van der Waals surface area contributed by atoms with Gasteiger partial charge in [-0.05, 0) is 24.1 Å². The van der Waals surface area contributed by atoms with E-state index in [9.17, 15) is 0 Å². The van der Waals surface area contributed by atoms with Crippen LogP contribution in [0.5, 0.6) is 5.88 Å². The highest BCUT2D eigenvalue weighted by molar-refractivity contribution is 5.38. The molecule has 0 bridgehead atoms. The monoisotopic (exact) mass is 271 g/mol. The van der Waals surface area contributed by atoms with Crippen molar-refractivity contribution in [2.24, 2.45) is 0 Å². The fraction of sp³-hybridized carbons (Fsp3) is 0.375. The van der Waals surface area contributed by atoms with Crippen LogP contribution in [0.1, 0.15) is 36.7 Å². The average Bonchev–Trinajstić information content (AvgIpc) is 2.52. The first-order valence-electron chi connectivity index (χ1n) is 6.97. The second-order valence-electron chi connectivity index (χ2n) is 4.49. The molecule has 0 saturated heterocycles. The zero-order valence-corrected chi connectivity index (χ0v) is 12.3. The third-order valence-electron chi connectivity index (χ3n) is 3.31. The van der Waals surface area contributed by atoms with Crippen molar-refractivity contribution >= 4 is 0 Å². The molecule has 0 saturated carbocycles. The second kappa shape index (κ2) is 7.01. The molecule has 0 radical (unpaired) electrons. The van der Waals surface area contributed by atoms with E-state index in [-0.39, 0.29) is 6.04 Å². The molecular weight excluding hydrogens is 250 g/mol. The van der Waals surface area contributed by atoms with Crippen molar-refractivity contribution in [1.29, 1.82) is 0 Å². The number of ether oxygens (including phenoxy) is 1. The van der Waals surface area contributed by atoms with Crippen molar-refractivity contribution in [3.05, 3.63) is 53.5 Å². The highest BCUT2D eigenvalue weighted by Gasteiger charge is 2.21. The van der Waals surface area contributed by atoms with Crippen molar-refractivity contribution in [2.45, 2.75) is 26.3 Å². The smallest absolute Gasteiger partial charge is 0.237 e. The number of nitrogens with one attached hydrogen (secondary N) is 1. The molecule has 2 rings (SSSR count). The largest absolute Gasteiger partial charge is 0.480 e. The first-order chi connectivity index (χ1) is 9.81. The standard InChI is InChI=1S/C16H21N3O/c1-4-12-8-6-7-9-13(12)14(17-5-2)15-16(20-3)19-11-10-18-15/h6-11,14,17H,4-5H2,1-3H3. The Bertz CT molecular complexity index is 509. The van der Waals surface area contributed by atoms with Gasteiger partial charge in [0, 0.05) is 12.4 Å². The van der Waals surface area contributed by atoms with Crippen LogP contribution in [0.3, 0.4) is 0 Å². The van der Waals surface area contributed by atoms with Gasteiger partial charge in [0.2, 0.25) is 5.88 Å². The maximum atomic E-state index is 5.35. The Hall–Kier alpha value is -1.94. The van der Waals surface area contributed by atoms with Gasteiger partial charge in [-0.1, -0.05) is 38.1 Å². The summed E-state index contributed by atoms with van der Waals surface area (Å²) in [5.74, 6) is 0.573. The van der Waals surface area contributed by atoms with Crippen LogP contribution in [0.15, 0.2) is 36.7 Å². The van der Waals surface area contributed by atoms with Gasteiger partial charge in [-0.3, -0.25) is 4.98 Å². The van der Waals surface area contributed by atoms with Crippen LogP contribution in [0.25, 0.3) is 0 Å². The first-order valence-corrected chi connectivity index (χ1v) is 6.97. The lowest BCUT2D eigenvalue weighted by atomic mass is 9.96. The van der Waals surface area contributed by atoms with E-state index in [1.165, 1.54) is 11.1 Å². The third-order valence-corrected chi connectivity index (χ3v) is 3.31. The predicted molar refractivity (Wildman–Crippen MR) is 79.9 cm³/mol. The molecule has 4 heteroatoms. The van der Waals surface area contributed by atoms with E-state index in [1.54, 1.807) is 19.5 Å². The number of aryl methyl sites for hydroxylation is 1. The summed E-state index contributed by atoms with van der Waals surface area (Å²) < 4.78 is 5.35. The second-order valence-corrected chi connectivity index (χ2v) is 4.49. The lowest BCUT2D eigenvalue weighted by Crippen LogP contribution is -2.24. The lowest BCUT2D eigenvalue weighted by Gasteiger charge is -2.21. The van der Waals surface area contributed by atoms with Crippen molar-refractivity contribution in [3.63, 3.8) is 0 Å². The summed E-state index contributed by atoms with van der Waals surface area (Å²) in [6, 6.07) is 8.42. The maximum absolute atomic E-state index is 5.35. The minimum absolute atomic E-state index is 0.000185. The molecule has 20 heavy (non-hydrogen) atoms. The first kappa shape index (κ1) is 14.5. The van der Waals surface area contributed by atoms with Gasteiger partial charge in [-0.2, -0.15) is 0 Å². The SMILES string of the molecule is CCNC(c1ccccc1CC)c1nccnc1OC. The number of nitrogens with zero attached hydrogens (tertiary/aromatic N) is 2. The number of hydrogen-bond donors (Lipinski definition) is 1. The zero-order chi connectivity index (χ0) is 14.4. The van der Waals surface area contributed by atoms with Crippen molar-refractivity contribution in [1.82, 2.24) is 15.3 Å². The van der Waals surface area contributed by atoms with Gasteiger partial charge in [0.25, 0.3) is 0 Å². The molecule has 2 aromatic rings. The Balaban J connectivity index is 2.50. The molecule has 1 unspecified atom stereocenters. The zero-order valence-electron chi connectivity index (χ0n) is 12.3. The summed E-state index contributed by atoms with van der Waals surface area (Å²) >= 11 is 0. The molecular formula is C16H21N3O. The Labute approximate surface area is 120 Å². The molecule has 0 aliphatic carbocycles. The van der Waals surface area contributed by atoms with Gasteiger partial charge >= 0.3 is 0 Å². The molecule has 0 aliphatic rings. The highest BCUT2D eigenvalue weighted by atomic mass is 16.5. The number of methoxy groups -OCH3 is 1. The summed E-state index contributed by atoms with van der Waals surface area (Å²) in [6.45, 7) is 5.10. The quantitative estimate of drug-likeness (QED) is 0.877. The molecule has 1 aromatic heterocycles. The van der Waals surface area contributed by atoms with E-state index in [0.717, 1.165) is 18.7 Å². The Morgan fingerprint density at radius 3 is 2.60 bits per heavy atom. The average molecular weight is 271 g/mol. The third kappa shape index (κ3) is 2.96. The van der Waals surface area contributed by atoms with Crippen LogP contribution in [0.4, 0.5) is 0 Å². The summed E-state index contributed by atoms with van der Waals surface area (Å²) in [5, 5.41) is 3.48. The van der Waals surface area contributed by atoms with Crippen LogP contribution in [0.2, 0.25) is 0 Å². The van der Waals surface area contributed by atoms with Crippen molar-refractivity contribution < 1.29 is 4.74 Å². The fourth-order valence-corrected chi connectivity index (χ4v) is 2.39. The van der Waals surface area contributed by atoms with Gasteiger partial charge in [-0.25, -0.2) is 4.98 Å². The Morgan fingerprint density at radius 1 is 1.15 bits per heavy atom. The normalized spacial score (nSPS) is 12.2. The Kier molecular flexibility index (Phi) is 5.07. The molecule has 1 aromatic carbocycles. The van der Waals surface area contributed by atoms with Crippen molar-refractivity contribution in [3.8, 4) is 5.88 Å². The maximum Gasteiger partial charge on any atom is 0.237 e. The van der Waals surface area contributed by atoms with Crippen LogP contribution >= 0.6 is 0 Å². The van der Waals surface area contributed by atoms with Crippen LogP contribution in [-0.2, 0) is 6.42 Å². The van der Waals surface area contributed by atoms with Gasteiger partial charge in [0.05, 0.1) is 13.2 Å². The van der Waals surface area contributed by atoms with Crippen LogP contribution in [-0.4, -0.2) is 23.6 Å². The van der Waals surface area contributed by atoms with E-state index in [0.29, 0.717) is 5.88 Å². The molecule has 1 N–H and O–H groups in total. The molecule has 0 aliphatic heterocycles. The lowest BCUT2D eigenvalue weighted by molar-refractivity contribution is 0.383. The number of benzene rings is 1.